The lowest BCUT2D eigenvalue weighted by Gasteiger charge is -2.36. The van der Waals surface area contributed by atoms with Crippen LogP contribution in [0, 0.1) is 5.92 Å². The number of nitrogens with one attached hydrogen (secondary N) is 2. The van der Waals surface area contributed by atoms with Gasteiger partial charge in [0.25, 0.3) is 5.91 Å². The number of amides is 4. The van der Waals surface area contributed by atoms with Gasteiger partial charge < -0.3 is 15.0 Å². The second-order valence-electron chi connectivity index (χ2n) is 15.1. The maximum absolute atomic E-state index is 13.8. The van der Waals surface area contributed by atoms with E-state index in [-0.39, 0.29) is 65.4 Å². The van der Waals surface area contributed by atoms with Crippen LogP contribution in [0.15, 0.2) is 59.5 Å². The number of hydrogen-bond donors (Lipinski definition) is 2. The van der Waals surface area contributed by atoms with E-state index in [0.29, 0.717) is 42.4 Å². The Bertz CT molecular complexity index is 2470. The van der Waals surface area contributed by atoms with Crippen molar-refractivity contribution in [2.75, 3.05) is 25.5 Å². The standard InChI is InChI=1S/C40H41F3N8O6/c1-48-35-26(5-3-7-30(35)51(39(48)56)31-13-14-34(52)46-37(31)54)22-15-17-49(18-16-22)38(55)23-9-11-25(12-10-23)50-21-24-19-29(32(57-2)20-28(24)47-50)45-36(53)27-6-4-8-33(44-27)40(41,42)43/h3-8,19-23,25,31H,9-18H2,1-2H3,(H,45,53)(H,46,52,54)/t23-,25-,31?. The van der Waals surface area contributed by atoms with Gasteiger partial charge in [-0.25, -0.2) is 9.78 Å². The number of pyridine rings is 1. The number of aryl methyl sites for hydroxylation is 1. The van der Waals surface area contributed by atoms with Gasteiger partial charge in [-0.2, -0.15) is 18.3 Å². The number of likely N-dealkylation sites (tertiary alicyclic amines) is 1. The Balaban J connectivity index is 0.896. The molecule has 1 saturated carbocycles. The molecule has 3 fully saturated rings. The first kappa shape index (κ1) is 37.9. The Morgan fingerprint density at radius 1 is 0.947 bits per heavy atom. The van der Waals surface area contributed by atoms with Crippen LogP contribution in [0.25, 0.3) is 21.9 Å². The zero-order valence-corrected chi connectivity index (χ0v) is 31.3. The van der Waals surface area contributed by atoms with E-state index in [1.165, 1.54) is 17.7 Å². The highest BCUT2D eigenvalue weighted by Crippen LogP contribution is 2.38. The Labute approximate surface area is 324 Å². The van der Waals surface area contributed by atoms with Crippen LogP contribution in [0.3, 0.4) is 0 Å². The molecule has 298 valence electrons. The molecule has 3 aromatic heterocycles. The minimum absolute atomic E-state index is 0.0464. The number of para-hydroxylation sites is 1. The third kappa shape index (κ3) is 7.14. The molecule has 0 radical (unpaired) electrons. The summed E-state index contributed by atoms with van der Waals surface area (Å²) in [5.74, 6) is -1.18. The summed E-state index contributed by atoms with van der Waals surface area (Å²) in [6.07, 6.45) is 1.95. The van der Waals surface area contributed by atoms with E-state index in [9.17, 15) is 37.1 Å². The third-order valence-electron chi connectivity index (χ3n) is 11.7. The molecule has 1 atom stereocenters. The number of imide groups is 1. The number of ether oxygens (including phenoxy) is 1. The monoisotopic (exact) mass is 786 g/mol. The molecule has 8 rings (SSSR count). The molecule has 2 N–H and O–H groups in total. The van der Waals surface area contributed by atoms with Gasteiger partial charge in [-0.05, 0) is 80.7 Å². The molecule has 14 nitrogen and oxygen atoms in total. The van der Waals surface area contributed by atoms with Crippen LogP contribution in [-0.4, -0.2) is 72.6 Å². The molecule has 17 heteroatoms. The number of rotatable bonds is 7. The number of anilines is 1. The number of alkyl halides is 3. The number of halogens is 3. The van der Waals surface area contributed by atoms with Crippen molar-refractivity contribution in [3.63, 3.8) is 0 Å². The quantitative estimate of drug-likeness (QED) is 0.205. The molecule has 5 aromatic rings. The van der Waals surface area contributed by atoms with Crippen molar-refractivity contribution in [3.05, 3.63) is 82.2 Å². The fourth-order valence-corrected chi connectivity index (χ4v) is 8.71. The molecule has 2 aromatic carbocycles. The Morgan fingerprint density at radius 2 is 1.68 bits per heavy atom. The van der Waals surface area contributed by atoms with Crippen LogP contribution < -0.4 is 21.1 Å². The second kappa shape index (κ2) is 14.8. The van der Waals surface area contributed by atoms with Gasteiger partial charge in [0.05, 0.1) is 35.4 Å². The van der Waals surface area contributed by atoms with E-state index in [1.54, 1.807) is 23.7 Å². The molecule has 3 aliphatic rings. The van der Waals surface area contributed by atoms with Crippen molar-refractivity contribution in [2.24, 2.45) is 13.0 Å². The predicted octanol–water partition coefficient (Wildman–Crippen LogP) is 5.48. The SMILES string of the molecule is COc1cc2nn([C@H]3CC[C@H](C(=O)N4CCC(c5cccc6c5n(C)c(=O)n6C5CCC(=O)NC5=O)CC4)CC3)cc2cc1NC(=O)c1cccc(C(F)(F)F)n1. The molecule has 0 spiro atoms. The minimum Gasteiger partial charge on any atom is -0.494 e. The van der Waals surface area contributed by atoms with Crippen LogP contribution in [0.5, 0.6) is 5.75 Å². The van der Waals surface area contributed by atoms with Crippen molar-refractivity contribution in [3.8, 4) is 5.75 Å². The molecule has 0 bridgehead atoms. The van der Waals surface area contributed by atoms with Gasteiger partial charge >= 0.3 is 11.9 Å². The molecular weight excluding hydrogens is 745 g/mol. The van der Waals surface area contributed by atoms with Gasteiger partial charge in [0.2, 0.25) is 17.7 Å². The fraction of sp³-hybridized carbons (Fsp3) is 0.425. The van der Waals surface area contributed by atoms with Crippen LogP contribution in [-0.2, 0) is 27.6 Å². The molecule has 5 heterocycles. The van der Waals surface area contributed by atoms with Gasteiger partial charge in [0, 0.05) is 50.1 Å². The van der Waals surface area contributed by atoms with Crippen LogP contribution in [0.1, 0.15) is 91.1 Å². The number of benzene rings is 2. The van der Waals surface area contributed by atoms with Crippen LogP contribution in [0.2, 0.25) is 0 Å². The Hall–Kier alpha value is -6.00. The number of carbonyl (C=O) groups is 4. The highest BCUT2D eigenvalue weighted by Gasteiger charge is 2.36. The van der Waals surface area contributed by atoms with Crippen LogP contribution in [0.4, 0.5) is 18.9 Å². The highest BCUT2D eigenvalue weighted by atomic mass is 19.4. The molecular formula is C40H41F3N8O6. The topological polar surface area (TPSA) is 162 Å². The number of carbonyl (C=O) groups excluding carboxylic acids is 4. The Morgan fingerprint density at radius 3 is 2.39 bits per heavy atom. The predicted molar refractivity (Wildman–Crippen MR) is 202 cm³/mol. The summed E-state index contributed by atoms with van der Waals surface area (Å²) in [5.41, 5.74) is 1.47. The summed E-state index contributed by atoms with van der Waals surface area (Å²) < 4.78 is 49.9. The normalized spacial score (nSPS) is 20.9. The van der Waals surface area contributed by atoms with E-state index >= 15 is 0 Å². The van der Waals surface area contributed by atoms with E-state index in [1.807, 2.05) is 34.0 Å². The number of hydrogen-bond acceptors (Lipinski definition) is 8. The number of nitrogens with zero attached hydrogens (tertiary/aromatic N) is 6. The average molecular weight is 787 g/mol. The summed E-state index contributed by atoms with van der Waals surface area (Å²) in [6, 6.07) is 11.5. The van der Waals surface area contributed by atoms with Gasteiger partial charge in [-0.3, -0.25) is 38.3 Å². The summed E-state index contributed by atoms with van der Waals surface area (Å²) >= 11 is 0. The second-order valence-corrected chi connectivity index (χ2v) is 15.1. The molecule has 1 aliphatic carbocycles. The number of piperidine rings is 2. The summed E-state index contributed by atoms with van der Waals surface area (Å²) in [5, 5.41) is 10.4. The highest BCUT2D eigenvalue weighted by molar-refractivity contribution is 6.05. The first-order chi connectivity index (χ1) is 27.3. The van der Waals surface area contributed by atoms with E-state index in [2.05, 4.69) is 15.6 Å². The number of fused-ring (bicyclic) bond motifs is 2. The van der Waals surface area contributed by atoms with Crippen molar-refractivity contribution in [1.82, 2.24) is 34.1 Å². The van der Waals surface area contributed by atoms with Gasteiger partial charge in [-0.15, -0.1) is 0 Å². The first-order valence-electron chi connectivity index (χ1n) is 19.1. The average Bonchev–Trinajstić information content (AvgIpc) is 3.74. The summed E-state index contributed by atoms with van der Waals surface area (Å²) in [4.78, 5) is 70.0. The third-order valence-corrected chi connectivity index (χ3v) is 11.7. The number of imidazole rings is 1. The zero-order chi connectivity index (χ0) is 40.2. The molecule has 57 heavy (non-hydrogen) atoms. The van der Waals surface area contributed by atoms with Gasteiger partial charge in [-0.1, -0.05) is 18.2 Å². The van der Waals surface area contributed by atoms with E-state index in [4.69, 9.17) is 9.84 Å². The zero-order valence-electron chi connectivity index (χ0n) is 31.3. The first-order valence-corrected chi connectivity index (χ1v) is 19.1. The van der Waals surface area contributed by atoms with Crippen molar-refractivity contribution in [2.45, 2.75) is 75.5 Å². The Kier molecular flexibility index (Phi) is 9.85. The maximum Gasteiger partial charge on any atom is 0.433 e. The van der Waals surface area contributed by atoms with E-state index in [0.717, 1.165) is 48.9 Å². The molecule has 2 saturated heterocycles. The van der Waals surface area contributed by atoms with Crippen molar-refractivity contribution < 1.29 is 37.1 Å². The smallest absolute Gasteiger partial charge is 0.433 e. The maximum atomic E-state index is 13.8. The molecule has 4 amide bonds. The molecule has 2 aliphatic heterocycles. The lowest BCUT2D eigenvalue weighted by Crippen LogP contribution is -2.44. The molecule has 1 unspecified atom stereocenters. The fourth-order valence-electron chi connectivity index (χ4n) is 8.71. The lowest BCUT2D eigenvalue weighted by atomic mass is 9.83. The largest absolute Gasteiger partial charge is 0.494 e. The minimum atomic E-state index is -4.69. The van der Waals surface area contributed by atoms with Crippen molar-refractivity contribution in [1.29, 1.82) is 0 Å². The van der Waals surface area contributed by atoms with Gasteiger partial charge in [0.15, 0.2) is 0 Å². The number of aromatic nitrogens is 5. The lowest BCUT2D eigenvalue weighted by molar-refractivity contribution is -0.141. The number of methoxy groups -OCH3 is 1. The van der Waals surface area contributed by atoms with Crippen molar-refractivity contribution >= 4 is 51.3 Å². The van der Waals surface area contributed by atoms with E-state index < -0.39 is 29.7 Å². The van der Waals surface area contributed by atoms with Crippen LogP contribution >= 0.6 is 0 Å². The van der Waals surface area contributed by atoms with Gasteiger partial charge in [0.1, 0.15) is 23.2 Å². The summed E-state index contributed by atoms with van der Waals surface area (Å²) in [6.45, 7) is 1.19. The summed E-state index contributed by atoms with van der Waals surface area (Å²) in [7, 11) is 3.13.